The van der Waals surface area contributed by atoms with Crippen molar-refractivity contribution in [3.05, 3.63) is 58.3 Å². The number of carbonyl (C=O) groups is 2. The summed E-state index contributed by atoms with van der Waals surface area (Å²) in [5, 5.41) is 16.2. The van der Waals surface area contributed by atoms with Crippen molar-refractivity contribution >= 4 is 61.4 Å². The normalized spacial score (nSPS) is 12.6. The molecule has 180 valence electrons. The molecular formula is C25H24N4O3S3. The number of aryl methyl sites for hydroxylation is 1. The van der Waals surface area contributed by atoms with Gasteiger partial charge < -0.3 is 10.1 Å². The number of rotatable bonds is 9. The molecule has 1 amide bonds. The highest BCUT2D eigenvalue weighted by Crippen LogP contribution is 2.40. The molecule has 5 rings (SSSR count). The average Bonchev–Trinajstić information content (AvgIpc) is 3.61. The van der Waals surface area contributed by atoms with Gasteiger partial charge >= 0.3 is 5.97 Å². The van der Waals surface area contributed by atoms with Crippen LogP contribution in [0.3, 0.4) is 0 Å². The van der Waals surface area contributed by atoms with Gasteiger partial charge in [0, 0.05) is 32.5 Å². The van der Waals surface area contributed by atoms with Crippen LogP contribution < -0.4 is 5.32 Å². The number of aromatic nitrogens is 3. The van der Waals surface area contributed by atoms with E-state index in [2.05, 4.69) is 39.6 Å². The van der Waals surface area contributed by atoms with E-state index in [1.807, 2.05) is 16.7 Å². The van der Waals surface area contributed by atoms with Crippen LogP contribution in [0.2, 0.25) is 0 Å². The predicted octanol–water partition coefficient (Wildman–Crippen LogP) is 5.80. The number of thioether (sulfide) groups is 1. The van der Waals surface area contributed by atoms with Crippen molar-refractivity contribution in [1.82, 2.24) is 14.8 Å². The average molecular weight is 525 g/mol. The maximum absolute atomic E-state index is 12.9. The SMILES string of the molecule is C=CCn1c(SCC(=O)Nc2sc3c(c2C(=O)OCC)CCC3)nnc1-c1csc2ccccc12. The first-order chi connectivity index (χ1) is 17.1. The number of hydrogen-bond donors (Lipinski definition) is 1. The molecule has 3 aromatic heterocycles. The molecule has 0 radical (unpaired) electrons. The number of anilines is 1. The summed E-state index contributed by atoms with van der Waals surface area (Å²) < 4.78 is 8.42. The summed E-state index contributed by atoms with van der Waals surface area (Å²) in [6.07, 6.45) is 4.60. The van der Waals surface area contributed by atoms with E-state index >= 15 is 0 Å². The van der Waals surface area contributed by atoms with Gasteiger partial charge in [0.25, 0.3) is 0 Å². The summed E-state index contributed by atoms with van der Waals surface area (Å²) in [6.45, 7) is 6.48. The fraction of sp³-hybridized carbons (Fsp3) is 0.280. The number of thiophene rings is 2. The highest BCUT2D eigenvalue weighted by Gasteiger charge is 2.28. The fourth-order valence-electron chi connectivity index (χ4n) is 4.24. The fourth-order valence-corrected chi connectivity index (χ4v) is 7.22. The highest BCUT2D eigenvalue weighted by molar-refractivity contribution is 7.99. The van der Waals surface area contributed by atoms with Crippen molar-refractivity contribution in [3.63, 3.8) is 0 Å². The number of nitrogens with zero attached hydrogens (tertiary/aromatic N) is 3. The van der Waals surface area contributed by atoms with Crippen molar-refractivity contribution < 1.29 is 14.3 Å². The van der Waals surface area contributed by atoms with Crippen LogP contribution >= 0.6 is 34.4 Å². The number of hydrogen-bond acceptors (Lipinski definition) is 8. The summed E-state index contributed by atoms with van der Waals surface area (Å²) in [5.41, 5.74) is 2.56. The lowest BCUT2D eigenvalue weighted by Gasteiger charge is -2.09. The molecule has 0 aliphatic heterocycles. The van der Waals surface area contributed by atoms with Crippen LogP contribution in [0.25, 0.3) is 21.5 Å². The summed E-state index contributed by atoms with van der Waals surface area (Å²) in [5.74, 6) is 0.332. The molecule has 1 N–H and O–H groups in total. The molecule has 35 heavy (non-hydrogen) atoms. The van der Waals surface area contributed by atoms with Gasteiger partial charge in [-0.05, 0) is 37.8 Å². The Morgan fingerprint density at radius 1 is 1.29 bits per heavy atom. The van der Waals surface area contributed by atoms with E-state index in [4.69, 9.17) is 4.74 Å². The first-order valence-electron chi connectivity index (χ1n) is 11.4. The number of allylic oxidation sites excluding steroid dienone is 1. The van der Waals surface area contributed by atoms with Crippen molar-refractivity contribution in [3.8, 4) is 11.4 Å². The van der Waals surface area contributed by atoms with Gasteiger partial charge in [-0.15, -0.1) is 39.4 Å². The molecule has 0 fully saturated rings. The van der Waals surface area contributed by atoms with Crippen LogP contribution in [-0.2, 0) is 28.9 Å². The largest absolute Gasteiger partial charge is 0.462 e. The smallest absolute Gasteiger partial charge is 0.341 e. The van der Waals surface area contributed by atoms with E-state index in [-0.39, 0.29) is 17.6 Å². The predicted molar refractivity (Wildman–Crippen MR) is 143 cm³/mol. The lowest BCUT2D eigenvalue weighted by Crippen LogP contribution is -2.17. The molecule has 0 spiro atoms. The monoisotopic (exact) mass is 524 g/mol. The van der Waals surface area contributed by atoms with Crippen LogP contribution in [0.15, 0.2) is 47.5 Å². The molecule has 3 heterocycles. The summed E-state index contributed by atoms with van der Waals surface area (Å²) >= 11 is 4.46. The molecular weight excluding hydrogens is 501 g/mol. The van der Waals surface area contributed by atoms with Crippen LogP contribution in [0.4, 0.5) is 5.00 Å². The Morgan fingerprint density at radius 2 is 2.14 bits per heavy atom. The number of fused-ring (bicyclic) bond motifs is 2. The number of amides is 1. The van der Waals surface area contributed by atoms with Crippen LogP contribution in [0.1, 0.15) is 34.1 Å². The van der Waals surface area contributed by atoms with Gasteiger partial charge in [0.05, 0.1) is 17.9 Å². The van der Waals surface area contributed by atoms with Crippen molar-refractivity contribution in [2.24, 2.45) is 0 Å². The zero-order chi connectivity index (χ0) is 24.4. The minimum absolute atomic E-state index is 0.143. The van der Waals surface area contributed by atoms with Crippen LogP contribution in [0.5, 0.6) is 0 Å². The Labute approximate surface area is 215 Å². The van der Waals surface area contributed by atoms with Gasteiger partial charge in [-0.25, -0.2) is 4.79 Å². The number of esters is 1. The van der Waals surface area contributed by atoms with E-state index in [9.17, 15) is 9.59 Å². The van der Waals surface area contributed by atoms with E-state index in [1.165, 1.54) is 27.8 Å². The maximum atomic E-state index is 12.9. The Bertz CT molecular complexity index is 1420. The summed E-state index contributed by atoms with van der Waals surface area (Å²) in [7, 11) is 0. The van der Waals surface area contributed by atoms with E-state index in [0.29, 0.717) is 28.9 Å². The molecule has 10 heteroatoms. The topological polar surface area (TPSA) is 86.1 Å². The molecule has 1 aromatic carbocycles. The van der Waals surface area contributed by atoms with Gasteiger partial charge in [0.1, 0.15) is 5.00 Å². The number of ether oxygens (including phenoxy) is 1. The van der Waals surface area contributed by atoms with Gasteiger partial charge in [0.15, 0.2) is 11.0 Å². The summed E-state index contributed by atoms with van der Waals surface area (Å²) in [4.78, 5) is 26.6. The quantitative estimate of drug-likeness (QED) is 0.169. The number of carbonyl (C=O) groups excluding carboxylic acids is 2. The molecule has 1 aliphatic carbocycles. The maximum Gasteiger partial charge on any atom is 0.341 e. The molecule has 0 saturated carbocycles. The second kappa shape index (κ2) is 10.3. The van der Waals surface area contributed by atoms with Gasteiger partial charge in [-0.3, -0.25) is 9.36 Å². The molecule has 4 aromatic rings. The molecule has 0 saturated heterocycles. The highest BCUT2D eigenvalue weighted by atomic mass is 32.2. The first-order valence-corrected chi connectivity index (χ1v) is 14.0. The van der Waals surface area contributed by atoms with Crippen LogP contribution in [-0.4, -0.2) is 39.0 Å². The number of nitrogens with one attached hydrogen (secondary N) is 1. The van der Waals surface area contributed by atoms with Gasteiger partial charge in [-0.2, -0.15) is 0 Å². The zero-order valence-corrected chi connectivity index (χ0v) is 21.7. The lowest BCUT2D eigenvalue weighted by atomic mass is 10.1. The summed E-state index contributed by atoms with van der Waals surface area (Å²) in [6, 6.07) is 8.20. The Morgan fingerprint density at radius 3 is 2.97 bits per heavy atom. The van der Waals surface area contributed by atoms with Crippen molar-refractivity contribution in [2.75, 3.05) is 17.7 Å². The second-order valence-electron chi connectivity index (χ2n) is 7.97. The van der Waals surface area contributed by atoms with Crippen molar-refractivity contribution in [2.45, 2.75) is 37.9 Å². The molecule has 1 aliphatic rings. The first kappa shape index (κ1) is 23.8. The third-order valence-corrected chi connectivity index (χ3v) is 8.87. The zero-order valence-electron chi connectivity index (χ0n) is 19.2. The molecule has 0 bridgehead atoms. The van der Waals surface area contributed by atoms with Crippen LogP contribution in [0, 0.1) is 0 Å². The van der Waals surface area contributed by atoms with Crippen molar-refractivity contribution in [1.29, 1.82) is 0 Å². The minimum Gasteiger partial charge on any atom is -0.462 e. The standard InChI is InChI=1S/C25H24N4O3S3/c1-3-12-29-22(17-13-33-18-10-6-5-8-15(17)18)27-28-25(29)34-14-20(30)26-23-21(24(31)32-4-2)16-9-7-11-19(16)35-23/h3,5-6,8,10,13H,1,4,7,9,11-12,14H2,2H3,(H,26,30). The molecule has 7 nitrogen and oxygen atoms in total. The van der Waals surface area contributed by atoms with Gasteiger partial charge in [-0.1, -0.05) is 36.0 Å². The third kappa shape index (κ3) is 4.65. The second-order valence-corrected chi connectivity index (χ2v) is 10.9. The van der Waals surface area contributed by atoms with E-state index in [0.717, 1.165) is 46.5 Å². The molecule has 0 unspecified atom stereocenters. The Kier molecular flexibility index (Phi) is 7.03. The third-order valence-electron chi connectivity index (χ3n) is 5.74. The van der Waals surface area contributed by atoms with E-state index in [1.54, 1.807) is 24.3 Å². The minimum atomic E-state index is -0.367. The van der Waals surface area contributed by atoms with Gasteiger partial charge in [0.2, 0.25) is 5.91 Å². The molecule has 0 atom stereocenters. The van der Waals surface area contributed by atoms with E-state index < -0.39 is 0 Å². The Hall–Kier alpha value is -2.95. The Balaban J connectivity index is 1.34. The number of benzene rings is 1. The lowest BCUT2D eigenvalue weighted by molar-refractivity contribution is -0.113.